The van der Waals surface area contributed by atoms with Gasteiger partial charge in [0.25, 0.3) is 0 Å². The van der Waals surface area contributed by atoms with Crippen molar-refractivity contribution in [1.29, 1.82) is 0 Å². The molecular formula is C24H19NO6. The van der Waals surface area contributed by atoms with Crippen molar-refractivity contribution in [2.75, 3.05) is 14.2 Å². The van der Waals surface area contributed by atoms with Gasteiger partial charge < -0.3 is 14.5 Å². The fourth-order valence-electron chi connectivity index (χ4n) is 5.22. The van der Waals surface area contributed by atoms with E-state index in [1.807, 2.05) is 24.3 Å². The molecule has 2 aliphatic rings. The molecule has 5 rings (SSSR count). The fraction of sp³-hybridized carbons (Fsp3) is 0.250. The van der Waals surface area contributed by atoms with E-state index in [1.165, 1.54) is 14.2 Å². The lowest BCUT2D eigenvalue weighted by molar-refractivity contribution is -0.156. The highest BCUT2D eigenvalue weighted by atomic mass is 16.5. The van der Waals surface area contributed by atoms with Gasteiger partial charge in [-0.3, -0.25) is 19.2 Å². The van der Waals surface area contributed by atoms with E-state index in [9.17, 15) is 19.2 Å². The summed E-state index contributed by atoms with van der Waals surface area (Å²) in [5.41, 5.74) is 2.29. The minimum Gasteiger partial charge on any atom is -0.469 e. The number of esters is 2. The molecule has 156 valence electrons. The minimum absolute atomic E-state index is 0.247. The Bertz CT molecular complexity index is 1270. The van der Waals surface area contributed by atoms with Crippen LogP contribution >= 0.6 is 0 Å². The molecule has 0 amide bonds. The number of benzene rings is 2. The molecule has 1 N–H and O–H groups in total. The Labute approximate surface area is 177 Å². The van der Waals surface area contributed by atoms with Crippen LogP contribution in [0.3, 0.4) is 0 Å². The third-order valence-electron chi connectivity index (χ3n) is 6.48. The zero-order valence-corrected chi connectivity index (χ0v) is 16.9. The van der Waals surface area contributed by atoms with Gasteiger partial charge in [0.2, 0.25) is 0 Å². The van der Waals surface area contributed by atoms with Gasteiger partial charge in [-0.25, -0.2) is 0 Å². The molecule has 0 fully saturated rings. The van der Waals surface area contributed by atoms with Gasteiger partial charge in [0.1, 0.15) is 5.92 Å². The van der Waals surface area contributed by atoms with Gasteiger partial charge in [-0.05, 0) is 11.6 Å². The second-order valence-electron chi connectivity index (χ2n) is 7.83. The molecule has 0 radical (unpaired) electrons. The monoisotopic (exact) mass is 417 g/mol. The van der Waals surface area contributed by atoms with E-state index in [-0.39, 0.29) is 17.1 Å². The standard InChI is InChI=1S/C24H19NO6/c1-30-23(28)18-17-16(21(26)11-7-3-4-8-12(11)22(17)27)15-13-9-5-6-10-14(13)25-20(15)19(18)24(29)31-2/h3-10,16-19,25H,1-2H3/t16-,17-,18-,19-/m1/s1. The van der Waals surface area contributed by atoms with Gasteiger partial charge in [0, 0.05) is 27.7 Å². The first kappa shape index (κ1) is 19.2. The fourth-order valence-corrected chi connectivity index (χ4v) is 5.22. The summed E-state index contributed by atoms with van der Waals surface area (Å²) in [4.78, 5) is 56.3. The summed E-state index contributed by atoms with van der Waals surface area (Å²) in [7, 11) is 2.43. The van der Waals surface area contributed by atoms with Gasteiger partial charge in [0.15, 0.2) is 11.6 Å². The van der Waals surface area contributed by atoms with Crippen LogP contribution in [0.4, 0.5) is 0 Å². The number of H-pyrrole nitrogens is 1. The predicted octanol–water partition coefficient (Wildman–Crippen LogP) is 3.01. The molecule has 0 saturated heterocycles. The van der Waals surface area contributed by atoms with E-state index < -0.39 is 35.6 Å². The van der Waals surface area contributed by atoms with Crippen molar-refractivity contribution < 1.29 is 28.7 Å². The third-order valence-corrected chi connectivity index (χ3v) is 6.48. The molecule has 0 spiro atoms. The zero-order chi connectivity index (χ0) is 21.9. The number of hydrogen-bond donors (Lipinski definition) is 1. The maximum atomic E-state index is 13.7. The van der Waals surface area contributed by atoms with E-state index in [0.717, 1.165) is 5.39 Å². The number of fused-ring (bicyclic) bond motifs is 6. The van der Waals surface area contributed by atoms with Gasteiger partial charge in [-0.15, -0.1) is 0 Å². The van der Waals surface area contributed by atoms with Crippen molar-refractivity contribution in [3.05, 3.63) is 70.9 Å². The summed E-state index contributed by atoms with van der Waals surface area (Å²) in [5, 5.41) is 0.741. The summed E-state index contributed by atoms with van der Waals surface area (Å²) in [6.45, 7) is 0. The first-order valence-electron chi connectivity index (χ1n) is 9.93. The lowest BCUT2D eigenvalue weighted by Gasteiger charge is -2.41. The van der Waals surface area contributed by atoms with Gasteiger partial charge in [-0.1, -0.05) is 42.5 Å². The summed E-state index contributed by atoms with van der Waals surface area (Å²) in [5.74, 6) is -6.24. The highest BCUT2D eigenvalue weighted by Crippen LogP contribution is 2.53. The first-order valence-corrected chi connectivity index (χ1v) is 9.93. The van der Waals surface area contributed by atoms with Crippen molar-refractivity contribution in [2.24, 2.45) is 11.8 Å². The molecule has 4 atom stereocenters. The maximum Gasteiger partial charge on any atom is 0.315 e. The summed E-state index contributed by atoms with van der Waals surface area (Å²) in [6.07, 6.45) is 0. The molecule has 0 unspecified atom stereocenters. The lowest BCUT2D eigenvalue weighted by Crippen LogP contribution is -2.49. The SMILES string of the molecule is COC(=O)[C@@H]1[C@@H]2C(=O)c3ccccc3C(=O)[C@@H]2c2c([nH]c3ccccc23)[C@@H]1C(=O)OC. The molecule has 31 heavy (non-hydrogen) atoms. The molecule has 3 aromatic rings. The number of carbonyl (C=O) groups excluding carboxylic acids is 4. The summed E-state index contributed by atoms with van der Waals surface area (Å²) >= 11 is 0. The number of para-hydroxylation sites is 1. The van der Waals surface area contributed by atoms with Crippen molar-refractivity contribution in [3.8, 4) is 0 Å². The lowest BCUT2D eigenvalue weighted by atomic mass is 9.58. The van der Waals surface area contributed by atoms with E-state index in [4.69, 9.17) is 9.47 Å². The summed E-state index contributed by atoms with van der Waals surface area (Å²) in [6, 6.07) is 13.9. The molecule has 1 aromatic heterocycles. The topological polar surface area (TPSA) is 103 Å². The molecule has 0 bridgehead atoms. The Balaban J connectivity index is 1.87. The maximum absolute atomic E-state index is 13.7. The van der Waals surface area contributed by atoms with Crippen molar-refractivity contribution in [3.63, 3.8) is 0 Å². The van der Waals surface area contributed by atoms with E-state index in [0.29, 0.717) is 22.3 Å². The second-order valence-corrected chi connectivity index (χ2v) is 7.83. The highest BCUT2D eigenvalue weighted by molar-refractivity contribution is 6.20. The van der Waals surface area contributed by atoms with Crippen LogP contribution in [0.15, 0.2) is 48.5 Å². The van der Waals surface area contributed by atoms with Gasteiger partial charge in [0.05, 0.1) is 32.0 Å². The molecular weight excluding hydrogens is 398 g/mol. The van der Waals surface area contributed by atoms with Crippen molar-refractivity contribution in [1.82, 2.24) is 4.98 Å². The van der Waals surface area contributed by atoms with Crippen LogP contribution in [0.2, 0.25) is 0 Å². The zero-order valence-electron chi connectivity index (χ0n) is 16.9. The molecule has 0 saturated carbocycles. The minimum atomic E-state index is -1.19. The van der Waals surface area contributed by atoms with Crippen LogP contribution in [-0.4, -0.2) is 42.7 Å². The Kier molecular flexibility index (Phi) is 4.28. The number of rotatable bonds is 2. The second kappa shape index (κ2) is 6.91. The number of aromatic nitrogens is 1. The molecule has 2 aromatic carbocycles. The Morgan fingerprint density at radius 2 is 1.45 bits per heavy atom. The Morgan fingerprint density at radius 3 is 2.13 bits per heavy atom. The number of aromatic amines is 1. The average molecular weight is 417 g/mol. The van der Waals surface area contributed by atoms with Crippen LogP contribution < -0.4 is 0 Å². The van der Waals surface area contributed by atoms with Crippen LogP contribution in [0.25, 0.3) is 10.9 Å². The largest absolute Gasteiger partial charge is 0.469 e. The van der Waals surface area contributed by atoms with Crippen LogP contribution in [-0.2, 0) is 19.1 Å². The van der Waals surface area contributed by atoms with Crippen LogP contribution in [0.1, 0.15) is 43.8 Å². The normalized spacial score (nSPS) is 24.2. The first-order chi connectivity index (χ1) is 15.0. The van der Waals surface area contributed by atoms with Gasteiger partial charge in [-0.2, -0.15) is 0 Å². The van der Waals surface area contributed by atoms with Gasteiger partial charge >= 0.3 is 11.9 Å². The molecule has 1 heterocycles. The average Bonchev–Trinajstić information content (AvgIpc) is 3.19. The number of nitrogens with one attached hydrogen (secondary N) is 1. The highest BCUT2D eigenvalue weighted by Gasteiger charge is 2.58. The number of hydrogen-bond acceptors (Lipinski definition) is 6. The number of carbonyl (C=O) groups is 4. The summed E-state index contributed by atoms with van der Waals surface area (Å²) < 4.78 is 10.0. The number of Topliss-reactive ketones (excluding diaryl/α,β-unsaturated/α-hetero) is 2. The smallest absolute Gasteiger partial charge is 0.315 e. The van der Waals surface area contributed by atoms with Crippen molar-refractivity contribution >= 4 is 34.4 Å². The Hall–Kier alpha value is -3.74. The van der Waals surface area contributed by atoms with Crippen LogP contribution in [0, 0.1) is 11.8 Å². The van der Waals surface area contributed by atoms with E-state index in [2.05, 4.69) is 4.98 Å². The quantitative estimate of drug-likeness (QED) is 0.643. The third kappa shape index (κ3) is 2.52. The number of ketones is 2. The molecule has 0 aliphatic heterocycles. The van der Waals surface area contributed by atoms with Crippen molar-refractivity contribution in [2.45, 2.75) is 11.8 Å². The van der Waals surface area contributed by atoms with Crippen LogP contribution in [0.5, 0.6) is 0 Å². The van der Waals surface area contributed by atoms with E-state index in [1.54, 1.807) is 24.3 Å². The number of methoxy groups -OCH3 is 2. The molecule has 7 heteroatoms. The molecule has 7 nitrogen and oxygen atoms in total. The number of ether oxygens (including phenoxy) is 2. The predicted molar refractivity (Wildman–Crippen MR) is 110 cm³/mol. The molecule has 2 aliphatic carbocycles. The Morgan fingerprint density at radius 1 is 0.839 bits per heavy atom. The van der Waals surface area contributed by atoms with E-state index >= 15 is 0 Å².